The Morgan fingerprint density at radius 2 is 1.85 bits per heavy atom. The van der Waals surface area contributed by atoms with Crippen LogP contribution in [0.3, 0.4) is 0 Å². The molecule has 0 aromatic rings. The molecule has 1 aliphatic carbocycles. The van der Waals surface area contributed by atoms with Gasteiger partial charge in [0, 0.05) is 6.61 Å². The molecule has 0 saturated heterocycles. The Morgan fingerprint density at radius 1 is 1.15 bits per heavy atom. The number of aliphatic hydroxyl groups excluding tert-OH is 1. The molecule has 0 bridgehead atoms. The van der Waals surface area contributed by atoms with Crippen molar-refractivity contribution in [3.8, 4) is 0 Å². The molecule has 0 aromatic carbocycles. The largest absolute Gasteiger partial charge is 0.393 e. The molecule has 0 amide bonds. The first kappa shape index (κ1) is 11.0. The van der Waals surface area contributed by atoms with Crippen molar-refractivity contribution >= 4 is 0 Å². The minimum absolute atomic E-state index is 0.0910. The zero-order chi connectivity index (χ0) is 9.52. The Morgan fingerprint density at radius 3 is 2.46 bits per heavy atom. The summed E-state index contributed by atoms with van der Waals surface area (Å²) in [5.41, 5.74) is 0. The third-order valence-corrected chi connectivity index (χ3v) is 2.43. The Labute approximate surface area is 80.0 Å². The summed E-state index contributed by atoms with van der Waals surface area (Å²) in [7, 11) is 0. The van der Waals surface area contributed by atoms with E-state index in [1.165, 1.54) is 0 Å². The van der Waals surface area contributed by atoms with Gasteiger partial charge in [-0.15, -0.1) is 0 Å². The summed E-state index contributed by atoms with van der Waals surface area (Å²) < 4.78 is 10.8. The van der Waals surface area contributed by atoms with E-state index in [-0.39, 0.29) is 6.10 Å². The van der Waals surface area contributed by atoms with E-state index in [9.17, 15) is 5.11 Å². The smallest absolute Gasteiger partial charge is 0.0704 e. The molecule has 1 N–H and O–H groups in total. The second-order valence-corrected chi connectivity index (χ2v) is 3.50. The molecule has 13 heavy (non-hydrogen) atoms. The van der Waals surface area contributed by atoms with Crippen molar-refractivity contribution in [1.29, 1.82) is 0 Å². The maximum Gasteiger partial charge on any atom is 0.0704 e. The highest BCUT2D eigenvalue weighted by atomic mass is 16.5. The summed E-state index contributed by atoms with van der Waals surface area (Å²) in [4.78, 5) is 0. The van der Waals surface area contributed by atoms with Gasteiger partial charge in [-0.2, -0.15) is 0 Å². The van der Waals surface area contributed by atoms with Crippen LogP contribution in [0.4, 0.5) is 0 Å². The molecule has 0 spiro atoms. The van der Waals surface area contributed by atoms with E-state index in [1.54, 1.807) is 0 Å². The lowest BCUT2D eigenvalue weighted by Gasteiger charge is -2.25. The number of ether oxygens (including phenoxy) is 2. The van der Waals surface area contributed by atoms with E-state index in [2.05, 4.69) is 0 Å². The van der Waals surface area contributed by atoms with E-state index in [0.717, 1.165) is 32.3 Å². The molecular weight excluding hydrogens is 168 g/mol. The molecule has 0 aromatic heterocycles. The van der Waals surface area contributed by atoms with Crippen molar-refractivity contribution < 1.29 is 14.6 Å². The third-order valence-electron chi connectivity index (χ3n) is 2.43. The quantitative estimate of drug-likeness (QED) is 0.662. The van der Waals surface area contributed by atoms with Gasteiger partial charge in [-0.05, 0) is 32.6 Å². The molecule has 1 aliphatic rings. The standard InChI is InChI=1S/C10H20O3/c1-2-12-7-8-13-10-5-3-9(11)4-6-10/h9-11H,2-8H2,1H3. The lowest BCUT2D eigenvalue weighted by molar-refractivity contribution is -0.0268. The molecule has 1 rings (SSSR count). The van der Waals surface area contributed by atoms with Gasteiger partial charge in [0.05, 0.1) is 25.4 Å². The second kappa shape index (κ2) is 6.35. The molecule has 0 atom stereocenters. The van der Waals surface area contributed by atoms with Crippen LogP contribution in [0.2, 0.25) is 0 Å². The first-order chi connectivity index (χ1) is 6.33. The fourth-order valence-electron chi connectivity index (χ4n) is 1.63. The van der Waals surface area contributed by atoms with Crippen LogP contribution < -0.4 is 0 Å². The second-order valence-electron chi connectivity index (χ2n) is 3.50. The minimum atomic E-state index is -0.0910. The van der Waals surface area contributed by atoms with Crippen molar-refractivity contribution in [2.24, 2.45) is 0 Å². The third kappa shape index (κ3) is 4.60. The van der Waals surface area contributed by atoms with Crippen molar-refractivity contribution in [1.82, 2.24) is 0 Å². The van der Waals surface area contributed by atoms with Gasteiger partial charge >= 0.3 is 0 Å². The van der Waals surface area contributed by atoms with Gasteiger partial charge in [-0.25, -0.2) is 0 Å². The van der Waals surface area contributed by atoms with E-state index >= 15 is 0 Å². The van der Waals surface area contributed by atoms with Crippen LogP contribution in [0.25, 0.3) is 0 Å². The van der Waals surface area contributed by atoms with Crippen LogP contribution in [0.15, 0.2) is 0 Å². The predicted octanol–water partition coefficient (Wildman–Crippen LogP) is 1.34. The van der Waals surface area contributed by atoms with Crippen LogP contribution >= 0.6 is 0 Å². The highest BCUT2D eigenvalue weighted by Crippen LogP contribution is 2.20. The Hall–Kier alpha value is -0.120. The van der Waals surface area contributed by atoms with Crippen molar-refractivity contribution in [2.45, 2.75) is 44.8 Å². The summed E-state index contributed by atoms with van der Waals surface area (Å²) in [6, 6.07) is 0. The highest BCUT2D eigenvalue weighted by Gasteiger charge is 2.19. The normalized spacial score (nSPS) is 29.1. The minimum Gasteiger partial charge on any atom is -0.393 e. The molecule has 3 nitrogen and oxygen atoms in total. The van der Waals surface area contributed by atoms with Crippen molar-refractivity contribution in [2.75, 3.05) is 19.8 Å². The molecule has 78 valence electrons. The number of hydrogen-bond acceptors (Lipinski definition) is 3. The fourth-order valence-corrected chi connectivity index (χ4v) is 1.63. The van der Waals surface area contributed by atoms with Crippen LogP contribution in [-0.2, 0) is 9.47 Å². The summed E-state index contributed by atoms with van der Waals surface area (Å²) in [6.45, 7) is 4.12. The Bertz CT molecular complexity index is 119. The molecule has 0 unspecified atom stereocenters. The first-order valence-electron chi connectivity index (χ1n) is 5.20. The van der Waals surface area contributed by atoms with Gasteiger partial charge in [0.15, 0.2) is 0 Å². The average Bonchev–Trinajstić information content (AvgIpc) is 2.15. The summed E-state index contributed by atoms with van der Waals surface area (Å²) in [5, 5.41) is 9.26. The monoisotopic (exact) mass is 188 g/mol. The van der Waals surface area contributed by atoms with Gasteiger partial charge in [-0.3, -0.25) is 0 Å². The summed E-state index contributed by atoms with van der Waals surface area (Å²) >= 11 is 0. The molecule has 0 radical (unpaired) electrons. The zero-order valence-corrected chi connectivity index (χ0v) is 8.37. The fraction of sp³-hybridized carbons (Fsp3) is 1.00. The SMILES string of the molecule is CCOCCOC1CCC(O)CC1. The summed E-state index contributed by atoms with van der Waals surface area (Å²) in [6.07, 6.45) is 4.02. The van der Waals surface area contributed by atoms with E-state index in [1.807, 2.05) is 6.92 Å². The van der Waals surface area contributed by atoms with Crippen molar-refractivity contribution in [3.05, 3.63) is 0 Å². The zero-order valence-electron chi connectivity index (χ0n) is 8.37. The van der Waals surface area contributed by atoms with E-state index < -0.39 is 0 Å². The molecule has 1 fully saturated rings. The number of rotatable bonds is 5. The van der Waals surface area contributed by atoms with Gasteiger partial charge in [0.1, 0.15) is 0 Å². The van der Waals surface area contributed by atoms with Crippen molar-refractivity contribution in [3.63, 3.8) is 0 Å². The Kier molecular flexibility index (Phi) is 5.35. The summed E-state index contributed by atoms with van der Waals surface area (Å²) in [5.74, 6) is 0. The number of hydrogen-bond donors (Lipinski definition) is 1. The lowest BCUT2D eigenvalue weighted by Crippen LogP contribution is -2.25. The Balaban J connectivity index is 1.96. The maximum atomic E-state index is 9.26. The number of aliphatic hydroxyl groups is 1. The molecule has 0 aliphatic heterocycles. The van der Waals surface area contributed by atoms with E-state index in [4.69, 9.17) is 9.47 Å². The van der Waals surface area contributed by atoms with Gasteiger partial charge < -0.3 is 14.6 Å². The predicted molar refractivity (Wildman–Crippen MR) is 50.7 cm³/mol. The average molecular weight is 188 g/mol. The molecule has 0 heterocycles. The topological polar surface area (TPSA) is 38.7 Å². The van der Waals surface area contributed by atoms with Crippen LogP contribution in [0, 0.1) is 0 Å². The van der Waals surface area contributed by atoms with Crippen LogP contribution in [0.5, 0.6) is 0 Å². The first-order valence-corrected chi connectivity index (χ1v) is 5.20. The lowest BCUT2D eigenvalue weighted by atomic mass is 9.95. The van der Waals surface area contributed by atoms with E-state index in [0.29, 0.717) is 19.3 Å². The van der Waals surface area contributed by atoms with Gasteiger partial charge in [-0.1, -0.05) is 0 Å². The van der Waals surface area contributed by atoms with Gasteiger partial charge in [0.25, 0.3) is 0 Å². The van der Waals surface area contributed by atoms with Crippen LogP contribution in [-0.4, -0.2) is 37.1 Å². The van der Waals surface area contributed by atoms with Gasteiger partial charge in [0.2, 0.25) is 0 Å². The maximum absolute atomic E-state index is 9.26. The highest BCUT2D eigenvalue weighted by molar-refractivity contribution is 4.71. The molecule has 3 heteroatoms. The van der Waals surface area contributed by atoms with Crippen LogP contribution in [0.1, 0.15) is 32.6 Å². The molecular formula is C10H20O3. The molecule has 1 saturated carbocycles.